The van der Waals surface area contributed by atoms with Crippen molar-refractivity contribution in [3.63, 3.8) is 0 Å². The summed E-state index contributed by atoms with van der Waals surface area (Å²) in [6.45, 7) is 5.09. The Labute approximate surface area is 137 Å². The fraction of sp³-hybridized carbons (Fsp3) is 0.579. The molecule has 1 N–H and O–H groups in total. The maximum Gasteiger partial charge on any atom is 0.305 e. The number of carbonyl (C=O) groups is 2. The van der Waals surface area contributed by atoms with E-state index in [4.69, 9.17) is 5.11 Å². The van der Waals surface area contributed by atoms with Crippen molar-refractivity contribution in [1.82, 2.24) is 4.90 Å². The average molecular weight is 315 g/mol. The minimum Gasteiger partial charge on any atom is -0.481 e. The lowest BCUT2D eigenvalue weighted by atomic mass is 9.95. The number of aliphatic carboxylic acids is 1. The molecule has 0 radical (unpaired) electrons. The van der Waals surface area contributed by atoms with Crippen LogP contribution in [0.3, 0.4) is 0 Å². The van der Waals surface area contributed by atoms with Gasteiger partial charge in [0.1, 0.15) is 0 Å². The number of carboxylic acids is 1. The van der Waals surface area contributed by atoms with Gasteiger partial charge >= 0.3 is 5.97 Å². The van der Waals surface area contributed by atoms with Gasteiger partial charge in [0.15, 0.2) is 0 Å². The van der Waals surface area contributed by atoms with Crippen LogP contribution in [-0.4, -0.2) is 35.0 Å². The summed E-state index contributed by atoms with van der Waals surface area (Å²) in [5.41, 5.74) is 2.76. The summed E-state index contributed by atoms with van der Waals surface area (Å²) >= 11 is 0. The number of benzene rings is 1. The highest BCUT2D eigenvalue weighted by atomic mass is 16.4. The van der Waals surface area contributed by atoms with Crippen LogP contribution in [0.25, 0.3) is 0 Å². The standard InChI is InChI=1S/C19H25NO3/c1-13(2)12-20(10-8-17(21)22)18(23)16-11-19(16)9-7-14-5-3-4-6-15(14)19/h3-6,13,16H,7-12H2,1-2H3,(H,21,22). The molecule has 2 atom stereocenters. The highest BCUT2D eigenvalue weighted by Gasteiger charge is 2.61. The molecule has 1 aromatic carbocycles. The number of carboxylic acid groups (broad SMARTS) is 1. The van der Waals surface area contributed by atoms with E-state index < -0.39 is 5.97 Å². The van der Waals surface area contributed by atoms with Crippen LogP contribution in [0.1, 0.15) is 44.2 Å². The highest BCUT2D eigenvalue weighted by Crippen LogP contribution is 2.61. The summed E-state index contributed by atoms with van der Waals surface area (Å²) in [5, 5.41) is 8.93. The maximum atomic E-state index is 13.0. The molecule has 0 heterocycles. The first-order valence-electron chi connectivity index (χ1n) is 8.53. The third-order valence-corrected chi connectivity index (χ3v) is 5.26. The minimum atomic E-state index is -0.844. The smallest absolute Gasteiger partial charge is 0.305 e. The van der Waals surface area contributed by atoms with Gasteiger partial charge in [0.05, 0.1) is 6.42 Å². The lowest BCUT2D eigenvalue weighted by molar-refractivity contribution is -0.139. The Hall–Kier alpha value is -1.84. The molecule has 1 aromatic rings. The van der Waals surface area contributed by atoms with Crippen LogP contribution in [0, 0.1) is 11.8 Å². The van der Waals surface area contributed by atoms with Crippen LogP contribution in [0.2, 0.25) is 0 Å². The normalized spacial score (nSPS) is 24.7. The molecule has 2 unspecified atom stereocenters. The van der Waals surface area contributed by atoms with Crippen molar-refractivity contribution in [3.05, 3.63) is 35.4 Å². The van der Waals surface area contributed by atoms with Gasteiger partial charge in [-0.05, 0) is 36.3 Å². The Morgan fingerprint density at radius 3 is 2.78 bits per heavy atom. The lowest BCUT2D eigenvalue weighted by Crippen LogP contribution is -2.38. The van der Waals surface area contributed by atoms with Crippen LogP contribution in [0.5, 0.6) is 0 Å². The van der Waals surface area contributed by atoms with E-state index in [9.17, 15) is 9.59 Å². The summed E-state index contributed by atoms with van der Waals surface area (Å²) in [7, 11) is 0. The molecule has 1 saturated carbocycles. The first-order chi connectivity index (χ1) is 10.9. The molecule has 0 bridgehead atoms. The molecule has 2 aliphatic carbocycles. The first kappa shape index (κ1) is 16.0. The van der Waals surface area contributed by atoms with E-state index in [0.717, 1.165) is 19.3 Å². The van der Waals surface area contributed by atoms with Crippen molar-refractivity contribution in [2.75, 3.05) is 13.1 Å². The van der Waals surface area contributed by atoms with E-state index in [1.807, 2.05) is 0 Å². The molecule has 2 aliphatic rings. The van der Waals surface area contributed by atoms with Crippen molar-refractivity contribution in [2.45, 2.75) is 44.9 Å². The van der Waals surface area contributed by atoms with E-state index in [1.165, 1.54) is 11.1 Å². The van der Waals surface area contributed by atoms with Gasteiger partial charge in [0.25, 0.3) is 0 Å². The van der Waals surface area contributed by atoms with Crippen molar-refractivity contribution < 1.29 is 14.7 Å². The third-order valence-electron chi connectivity index (χ3n) is 5.26. The average Bonchev–Trinajstić information content (AvgIpc) is 3.12. The molecular weight excluding hydrogens is 290 g/mol. The van der Waals surface area contributed by atoms with Gasteiger partial charge in [0, 0.05) is 24.4 Å². The number of aryl methyl sites for hydroxylation is 1. The fourth-order valence-electron chi connectivity index (χ4n) is 4.10. The summed E-state index contributed by atoms with van der Waals surface area (Å²) in [5.74, 6) is -0.308. The number of carbonyl (C=O) groups excluding carboxylic acids is 1. The molecule has 1 amide bonds. The van der Waals surface area contributed by atoms with Gasteiger partial charge < -0.3 is 10.0 Å². The van der Waals surface area contributed by atoms with Crippen LogP contribution in [-0.2, 0) is 21.4 Å². The Morgan fingerprint density at radius 1 is 1.35 bits per heavy atom. The Morgan fingerprint density at radius 2 is 2.09 bits per heavy atom. The van der Waals surface area contributed by atoms with Crippen molar-refractivity contribution in [2.24, 2.45) is 11.8 Å². The molecule has 4 nitrogen and oxygen atoms in total. The van der Waals surface area contributed by atoms with Gasteiger partial charge in [-0.15, -0.1) is 0 Å². The van der Waals surface area contributed by atoms with E-state index in [-0.39, 0.29) is 23.7 Å². The van der Waals surface area contributed by atoms with Crippen molar-refractivity contribution in [3.8, 4) is 0 Å². The van der Waals surface area contributed by atoms with Gasteiger partial charge in [-0.3, -0.25) is 9.59 Å². The molecular formula is C19H25NO3. The molecule has 3 rings (SSSR count). The lowest BCUT2D eigenvalue weighted by Gasteiger charge is -2.25. The summed E-state index contributed by atoms with van der Waals surface area (Å²) < 4.78 is 0. The largest absolute Gasteiger partial charge is 0.481 e. The molecule has 4 heteroatoms. The molecule has 124 valence electrons. The molecule has 0 saturated heterocycles. The van der Waals surface area contributed by atoms with E-state index >= 15 is 0 Å². The van der Waals surface area contributed by atoms with Crippen LogP contribution in [0.4, 0.5) is 0 Å². The number of hydrogen-bond donors (Lipinski definition) is 1. The second kappa shape index (κ2) is 5.99. The second-order valence-corrected chi connectivity index (χ2v) is 7.39. The van der Waals surface area contributed by atoms with Crippen LogP contribution >= 0.6 is 0 Å². The van der Waals surface area contributed by atoms with Crippen molar-refractivity contribution >= 4 is 11.9 Å². The molecule has 1 spiro atoms. The zero-order valence-electron chi connectivity index (χ0n) is 13.9. The van der Waals surface area contributed by atoms with E-state index in [0.29, 0.717) is 19.0 Å². The van der Waals surface area contributed by atoms with Gasteiger partial charge in [-0.2, -0.15) is 0 Å². The number of amides is 1. The van der Waals surface area contributed by atoms with Crippen molar-refractivity contribution in [1.29, 1.82) is 0 Å². The molecule has 23 heavy (non-hydrogen) atoms. The number of rotatable bonds is 6. The number of hydrogen-bond acceptors (Lipinski definition) is 2. The number of nitrogens with zero attached hydrogens (tertiary/aromatic N) is 1. The van der Waals surface area contributed by atoms with Crippen LogP contribution < -0.4 is 0 Å². The van der Waals surface area contributed by atoms with Crippen LogP contribution in [0.15, 0.2) is 24.3 Å². The molecule has 1 fully saturated rings. The first-order valence-corrected chi connectivity index (χ1v) is 8.53. The number of fused-ring (bicyclic) bond motifs is 2. The summed E-state index contributed by atoms with van der Waals surface area (Å²) in [4.78, 5) is 25.6. The monoisotopic (exact) mass is 315 g/mol. The Bertz CT molecular complexity index is 625. The summed E-state index contributed by atoms with van der Waals surface area (Å²) in [6, 6.07) is 8.46. The predicted molar refractivity (Wildman–Crippen MR) is 88.2 cm³/mol. The van der Waals surface area contributed by atoms with Gasteiger partial charge in [0.2, 0.25) is 5.91 Å². The Balaban J connectivity index is 1.74. The molecule has 0 aliphatic heterocycles. The third kappa shape index (κ3) is 2.99. The van der Waals surface area contributed by atoms with Gasteiger partial charge in [-0.1, -0.05) is 38.1 Å². The topological polar surface area (TPSA) is 57.6 Å². The van der Waals surface area contributed by atoms with E-state index in [2.05, 4.69) is 38.1 Å². The zero-order valence-corrected chi connectivity index (χ0v) is 13.9. The molecule has 0 aromatic heterocycles. The Kier molecular flexibility index (Phi) is 4.17. The zero-order chi connectivity index (χ0) is 16.6. The van der Waals surface area contributed by atoms with Gasteiger partial charge in [-0.25, -0.2) is 0 Å². The SMILES string of the molecule is CC(C)CN(CCC(=O)O)C(=O)C1CC12CCc1ccccc12. The van der Waals surface area contributed by atoms with E-state index in [1.54, 1.807) is 4.90 Å². The highest BCUT2D eigenvalue weighted by molar-refractivity contribution is 5.85. The fourth-order valence-corrected chi connectivity index (χ4v) is 4.10. The summed E-state index contributed by atoms with van der Waals surface area (Å²) in [6.07, 6.45) is 3.05. The minimum absolute atomic E-state index is 0.0226. The predicted octanol–water partition coefficient (Wildman–Crippen LogP) is 2.85. The quantitative estimate of drug-likeness (QED) is 0.878. The maximum absolute atomic E-state index is 13.0. The second-order valence-electron chi connectivity index (χ2n) is 7.39.